The molecule has 0 aliphatic heterocycles. The Bertz CT molecular complexity index is 347. The van der Waals surface area contributed by atoms with Crippen molar-refractivity contribution in [2.24, 2.45) is 0 Å². The summed E-state index contributed by atoms with van der Waals surface area (Å²) in [7, 11) is 0. The molecule has 0 N–H and O–H groups in total. The Morgan fingerprint density at radius 2 is 2.13 bits per heavy atom. The summed E-state index contributed by atoms with van der Waals surface area (Å²) in [5.41, 5.74) is 1.85. The topological polar surface area (TPSA) is 26.3 Å². The molecule has 0 aliphatic carbocycles. The minimum Gasteiger partial charge on any atom is -0.462 e. The largest absolute Gasteiger partial charge is 0.462 e. The van der Waals surface area contributed by atoms with Crippen LogP contribution < -0.4 is 0 Å². The number of rotatable bonds is 4. The van der Waals surface area contributed by atoms with Crippen LogP contribution in [0.5, 0.6) is 0 Å². The van der Waals surface area contributed by atoms with Crippen LogP contribution in [-0.2, 0) is 11.2 Å². The minimum atomic E-state index is -0.225. The molecule has 1 aromatic carbocycles. The van der Waals surface area contributed by atoms with Gasteiger partial charge in [0.15, 0.2) is 0 Å². The molecule has 0 aromatic heterocycles. The predicted molar refractivity (Wildman–Crippen MR) is 63.6 cm³/mol. The maximum atomic E-state index is 11.7. The number of hydrogen-bond acceptors (Lipinski definition) is 3. The van der Waals surface area contributed by atoms with Crippen molar-refractivity contribution in [3.63, 3.8) is 0 Å². The maximum absolute atomic E-state index is 11.7. The number of carbonyl (C=O) groups is 1. The zero-order valence-electron chi connectivity index (χ0n) is 9.37. The van der Waals surface area contributed by atoms with E-state index in [0.29, 0.717) is 12.2 Å². The van der Waals surface area contributed by atoms with Crippen molar-refractivity contribution in [3.05, 3.63) is 29.3 Å². The van der Waals surface area contributed by atoms with E-state index < -0.39 is 0 Å². The Hall–Kier alpha value is -0.960. The van der Waals surface area contributed by atoms with Crippen molar-refractivity contribution in [1.29, 1.82) is 0 Å². The van der Waals surface area contributed by atoms with Crippen LogP contribution in [0.15, 0.2) is 23.1 Å². The van der Waals surface area contributed by atoms with Crippen LogP contribution in [0.25, 0.3) is 0 Å². The first-order valence-electron chi connectivity index (χ1n) is 5.07. The Morgan fingerprint density at radius 3 is 2.67 bits per heavy atom. The van der Waals surface area contributed by atoms with E-state index in [-0.39, 0.29) is 5.97 Å². The summed E-state index contributed by atoms with van der Waals surface area (Å²) in [4.78, 5) is 12.6. The van der Waals surface area contributed by atoms with Crippen LogP contribution in [0.4, 0.5) is 0 Å². The van der Waals surface area contributed by atoms with Crippen LogP contribution >= 0.6 is 11.8 Å². The molecule has 3 heteroatoms. The highest BCUT2D eigenvalue weighted by molar-refractivity contribution is 7.98. The summed E-state index contributed by atoms with van der Waals surface area (Å²) >= 11 is 1.57. The van der Waals surface area contributed by atoms with E-state index in [1.54, 1.807) is 11.8 Å². The second-order valence-electron chi connectivity index (χ2n) is 3.11. The second kappa shape index (κ2) is 5.81. The molecule has 0 amide bonds. The van der Waals surface area contributed by atoms with Gasteiger partial charge in [-0.25, -0.2) is 4.79 Å². The molecule has 1 aromatic rings. The molecule has 0 heterocycles. The monoisotopic (exact) mass is 224 g/mol. The number of thioether (sulfide) groups is 1. The van der Waals surface area contributed by atoms with Gasteiger partial charge in [0.1, 0.15) is 0 Å². The SMILES string of the molecule is CCOC(=O)c1cc(CC)ccc1SC. The van der Waals surface area contributed by atoms with Gasteiger partial charge in [-0.05, 0) is 37.3 Å². The molecule has 0 aliphatic rings. The summed E-state index contributed by atoms with van der Waals surface area (Å²) in [6, 6.07) is 5.95. The lowest BCUT2D eigenvalue weighted by Gasteiger charge is -2.08. The first-order valence-corrected chi connectivity index (χ1v) is 6.29. The number of hydrogen-bond donors (Lipinski definition) is 0. The van der Waals surface area contributed by atoms with Crippen molar-refractivity contribution in [3.8, 4) is 0 Å². The zero-order chi connectivity index (χ0) is 11.3. The fourth-order valence-corrected chi connectivity index (χ4v) is 1.91. The van der Waals surface area contributed by atoms with Crippen molar-refractivity contribution in [1.82, 2.24) is 0 Å². The number of carbonyl (C=O) groups excluding carboxylic acids is 1. The van der Waals surface area contributed by atoms with Gasteiger partial charge in [-0.15, -0.1) is 11.8 Å². The molecule has 0 spiro atoms. The van der Waals surface area contributed by atoms with Crippen molar-refractivity contribution < 1.29 is 9.53 Å². The van der Waals surface area contributed by atoms with Crippen molar-refractivity contribution >= 4 is 17.7 Å². The van der Waals surface area contributed by atoms with Gasteiger partial charge in [0, 0.05) is 4.90 Å². The third-order valence-electron chi connectivity index (χ3n) is 2.17. The normalized spacial score (nSPS) is 10.1. The van der Waals surface area contributed by atoms with E-state index in [1.807, 2.05) is 25.3 Å². The second-order valence-corrected chi connectivity index (χ2v) is 3.96. The average molecular weight is 224 g/mol. The first kappa shape index (κ1) is 12.1. The number of aryl methyl sites for hydroxylation is 1. The summed E-state index contributed by atoms with van der Waals surface area (Å²) < 4.78 is 5.02. The van der Waals surface area contributed by atoms with Crippen LogP contribution in [-0.4, -0.2) is 18.8 Å². The van der Waals surface area contributed by atoms with Crippen LogP contribution in [0.2, 0.25) is 0 Å². The summed E-state index contributed by atoms with van der Waals surface area (Å²) in [6.07, 6.45) is 2.89. The number of benzene rings is 1. The highest BCUT2D eigenvalue weighted by Crippen LogP contribution is 2.22. The van der Waals surface area contributed by atoms with Crippen LogP contribution in [0, 0.1) is 0 Å². The van der Waals surface area contributed by atoms with Gasteiger partial charge in [-0.1, -0.05) is 13.0 Å². The number of ether oxygens (including phenoxy) is 1. The predicted octanol–water partition coefficient (Wildman–Crippen LogP) is 3.15. The number of esters is 1. The molecule has 1 rings (SSSR count). The molecular weight excluding hydrogens is 208 g/mol. The molecule has 0 saturated heterocycles. The summed E-state index contributed by atoms with van der Waals surface area (Å²) in [5.74, 6) is -0.225. The van der Waals surface area contributed by atoms with E-state index in [0.717, 1.165) is 16.9 Å². The standard InChI is InChI=1S/C12H16O2S/c1-4-9-6-7-11(15-3)10(8-9)12(13)14-5-2/h6-8H,4-5H2,1-3H3. The third-order valence-corrected chi connectivity index (χ3v) is 2.96. The van der Waals surface area contributed by atoms with Crippen LogP contribution in [0.3, 0.4) is 0 Å². The molecular formula is C12H16O2S. The Balaban J connectivity index is 3.05. The lowest BCUT2D eigenvalue weighted by molar-refractivity contribution is 0.0522. The van der Waals surface area contributed by atoms with Gasteiger partial charge in [0.05, 0.1) is 12.2 Å². The van der Waals surface area contributed by atoms with Crippen LogP contribution in [0.1, 0.15) is 29.8 Å². The zero-order valence-corrected chi connectivity index (χ0v) is 10.2. The maximum Gasteiger partial charge on any atom is 0.339 e. The van der Waals surface area contributed by atoms with Gasteiger partial charge in [0.2, 0.25) is 0 Å². The van der Waals surface area contributed by atoms with Gasteiger partial charge in [-0.3, -0.25) is 0 Å². The van der Waals surface area contributed by atoms with Crippen molar-refractivity contribution in [2.75, 3.05) is 12.9 Å². The third kappa shape index (κ3) is 2.99. The molecule has 0 unspecified atom stereocenters. The van der Waals surface area contributed by atoms with Gasteiger partial charge < -0.3 is 4.74 Å². The molecule has 0 saturated carbocycles. The average Bonchev–Trinajstić information content (AvgIpc) is 2.28. The molecule has 15 heavy (non-hydrogen) atoms. The molecule has 0 atom stereocenters. The van der Waals surface area contributed by atoms with Gasteiger partial charge in [-0.2, -0.15) is 0 Å². The summed E-state index contributed by atoms with van der Waals surface area (Å²) in [6.45, 7) is 4.31. The first-order chi connectivity index (χ1) is 7.22. The smallest absolute Gasteiger partial charge is 0.339 e. The lowest BCUT2D eigenvalue weighted by atomic mass is 10.1. The lowest BCUT2D eigenvalue weighted by Crippen LogP contribution is -2.06. The Kier molecular flexibility index (Phi) is 4.69. The Labute approximate surface area is 95.0 Å². The van der Waals surface area contributed by atoms with E-state index in [9.17, 15) is 4.79 Å². The van der Waals surface area contributed by atoms with Crippen molar-refractivity contribution in [2.45, 2.75) is 25.2 Å². The highest BCUT2D eigenvalue weighted by Gasteiger charge is 2.12. The van der Waals surface area contributed by atoms with E-state index in [1.165, 1.54) is 0 Å². The van der Waals surface area contributed by atoms with E-state index in [4.69, 9.17) is 4.74 Å². The van der Waals surface area contributed by atoms with Gasteiger partial charge in [0.25, 0.3) is 0 Å². The molecule has 2 nitrogen and oxygen atoms in total. The fraction of sp³-hybridized carbons (Fsp3) is 0.417. The Morgan fingerprint density at radius 1 is 1.40 bits per heavy atom. The van der Waals surface area contributed by atoms with E-state index >= 15 is 0 Å². The minimum absolute atomic E-state index is 0.225. The van der Waals surface area contributed by atoms with Gasteiger partial charge >= 0.3 is 5.97 Å². The molecule has 0 fully saturated rings. The molecule has 0 bridgehead atoms. The molecule has 82 valence electrons. The highest BCUT2D eigenvalue weighted by atomic mass is 32.2. The fourth-order valence-electron chi connectivity index (χ4n) is 1.34. The molecule has 0 radical (unpaired) electrons. The quantitative estimate of drug-likeness (QED) is 0.580. The van der Waals surface area contributed by atoms with E-state index in [2.05, 4.69) is 13.0 Å². The summed E-state index contributed by atoms with van der Waals surface area (Å²) in [5, 5.41) is 0.